The lowest BCUT2D eigenvalue weighted by molar-refractivity contribution is -0.129. The van der Waals surface area contributed by atoms with Crippen molar-refractivity contribution in [2.75, 3.05) is 19.6 Å². The van der Waals surface area contributed by atoms with Gasteiger partial charge in [-0.2, -0.15) is 0 Å². The maximum atomic E-state index is 12.0. The van der Waals surface area contributed by atoms with Crippen molar-refractivity contribution in [3.63, 3.8) is 0 Å². The lowest BCUT2D eigenvalue weighted by atomic mass is 10.2. The zero-order chi connectivity index (χ0) is 12.3. The Morgan fingerprint density at radius 3 is 3.12 bits per heavy atom. The first-order chi connectivity index (χ1) is 8.20. The Kier molecular flexibility index (Phi) is 4.12. The lowest BCUT2D eigenvalue weighted by Gasteiger charge is -2.16. The maximum Gasteiger partial charge on any atom is 0.239 e. The van der Waals surface area contributed by atoms with Gasteiger partial charge in [-0.05, 0) is 19.9 Å². The second kappa shape index (κ2) is 5.60. The Bertz CT molecular complexity index is 391. The van der Waals surface area contributed by atoms with E-state index in [0.717, 1.165) is 43.2 Å². The standard InChI is InChI=1S/C12H19N3OS/c1-3-13-10-4-6-15(12(10)16)7-5-11-14-9(2)8-17-11/h8,10,13H,3-7H2,1-2H3. The number of amides is 1. The number of likely N-dealkylation sites (tertiary alicyclic amines) is 1. The number of aryl methyl sites for hydroxylation is 1. The second-order valence-electron chi connectivity index (χ2n) is 4.36. The van der Waals surface area contributed by atoms with Crippen LogP contribution in [-0.4, -0.2) is 41.5 Å². The molecule has 1 amide bonds. The highest BCUT2D eigenvalue weighted by Gasteiger charge is 2.30. The minimum atomic E-state index is 0.0398. The Morgan fingerprint density at radius 2 is 2.47 bits per heavy atom. The number of rotatable bonds is 5. The monoisotopic (exact) mass is 253 g/mol. The summed E-state index contributed by atoms with van der Waals surface area (Å²) in [5, 5.41) is 6.41. The van der Waals surface area contributed by atoms with Crippen LogP contribution in [-0.2, 0) is 11.2 Å². The third kappa shape index (κ3) is 3.04. The average Bonchev–Trinajstić information content (AvgIpc) is 2.86. The summed E-state index contributed by atoms with van der Waals surface area (Å²) >= 11 is 1.68. The number of carbonyl (C=O) groups excluding carboxylic acids is 1. The first-order valence-corrected chi connectivity index (χ1v) is 7.02. The normalized spacial score (nSPS) is 20.2. The zero-order valence-electron chi connectivity index (χ0n) is 10.4. The molecule has 0 bridgehead atoms. The van der Waals surface area contributed by atoms with Crippen molar-refractivity contribution in [1.29, 1.82) is 0 Å². The van der Waals surface area contributed by atoms with Gasteiger partial charge in [0.05, 0.1) is 11.0 Å². The van der Waals surface area contributed by atoms with Gasteiger partial charge < -0.3 is 10.2 Å². The van der Waals surface area contributed by atoms with Crippen LogP contribution < -0.4 is 5.32 Å². The maximum absolute atomic E-state index is 12.0. The molecule has 0 radical (unpaired) electrons. The van der Waals surface area contributed by atoms with Gasteiger partial charge in [-0.25, -0.2) is 4.98 Å². The van der Waals surface area contributed by atoms with Crippen molar-refractivity contribution in [2.45, 2.75) is 32.7 Å². The summed E-state index contributed by atoms with van der Waals surface area (Å²) in [6, 6.07) is 0.0398. The molecular weight excluding hydrogens is 234 g/mol. The van der Waals surface area contributed by atoms with Crippen molar-refractivity contribution in [2.24, 2.45) is 0 Å². The molecule has 2 heterocycles. The first-order valence-electron chi connectivity index (χ1n) is 6.14. The molecule has 0 saturated carbocycles. The van der Waals surface area contributed by atoms with Gasteiger partial charge >= 0.3 is 0 Å². The summed E-state index contributed by atoms with van der Waals surface area (Å²) in [5.41, 5.74) is 1.07. The fourth-order valence-electron chi connectivity index (χ4n) is 2.14. The summed E-state index contributed by atoms with van der Waals surface area (Å²) in [5.74, 6) is 0.250. The lowest BCUT2D eigenvalue weighted by Crippen LogP contribution is -2.38. The third-order valence-corrected chi connectivity index (χ3v) is 4.04. The van der Waals surface area contributed by atoms with E-state index in [2.05, 4.69) is 15.7 Å². The first kappa shape index (κ1) is 12.5. The van der Waals surface area contributed by atoms with Crippen LogP contribution >= 0.6 is 11.3 Å². The molecule has 1 N–H and O–H groups in total. The summed E-state index contributed by atoms with van der Waals surface area (Å²) in [4.78, 5) is 18.3. The molecule has 1 unspecified atom stereocenters. The fraction of sp³-hybridized carbons (Fsp3) is 0.667. The van der Waals surface area contributed by atoms with E-state index in [4.69, 9.17) is 0 Å². The number of aromatic nitrogens is 1. The zero-order valence-corrected chi connectivity index (χ0v) is 11.2. The van der Waals surface area contributed by atoms with E-state index in [0.29, 0.717) is 0 Å². The van der Waals surface area contributed by atoms with Gasteiger partial charge in [-0.1, -0.05) is 6.92 Å². The van der Waals surface area contributed by atoms with Crippen molar-refractivity contribution in [3.8, 4) is 0 Å². The number of nitrogens with zero attached hydrogens (tertiary/aromatic N) is 2. The number of thiazole rings is 1. The van der Waals surface area contributed by atoms with Crippen LogP contribution in [0.5, 0.6) is 0 Å². The number of nitrogens with one attached hydrogen (secondary N) is 1. The van der Waals surface area contributed by atoms with E-state index in [1.54, 1.807) is 11.3 Å². The third-order valence-electron chi connectivity index (χ3n) is 3.01. The Balaban J connectivity index is 1.82. The van der Waals surface area contributed by atoms with E-state index in [-0.39, 0.29) is 11.9 Å². The van der Waals surface area contributed by atoms with E-state index in [1.165, 1.54) is 0 Å². The van der Waals surface area contributed by atoms with Crippen LogP contribution in [0.3, 0.4) is 0 Å². The summed E-state index contributed by atoms with van der Waals surface area (Å²) in [7, 11) is 0. The molecule has 0 aliphatic carbocycles. The molecule has 94 valence electrons. The smallest absolute Gasteiger partial charge is 0.239 e. The van der Waals surface area contributed by atoms with Gasteiger partial charge in [-0.15, -0.1) is 11.3 Å². The number of hydrogen-bond acceptors (Lipinski definition) is 4. The molecule has 2 rings (SSSR count). The van der Waals surface area contributed by atoms with Crippen LogP contribution in [0, 0.1) is 6.92 Å². The van der Waals surface area contributed by atoms with Gasteiger partial charge in [0.1, 0.15) is 0 Å². The Hall–Kier alpha value is -0.940. The molecule has 1 saturated heterocycles. The minimum absolute atomic E-state index is 0.0398. The van der Waals surface area contributed by atoms with Crippen molar-refractivity contribution in [1.82, 2.24) is 15.2 Å². The number of hydrogen-bond donors (Lipinski definition) is 1. The van der Waals surface area contributed by atoms with Gasteiger partial charge in [0.25, 0.3) is 0 Å². The van der Waals surface area contributed by atoms with Gasteiger partial charge in [-0.3, -0.25) is 4.79 Å². The fourth-order valence-corrected chi connectivity index (χ4v) is 2.91. The predicted octanol–water partition coefficient (Wildman–Crippen LogP) is 1.20. The molecule has 1 aromatic rings. The van der Waals surface area contributed by atoms with Crippen molar-refractivity contribution < 1.29 is 4.79 Å². The number of likely N-dealkylation sites (N-methyl/N-ethyl adjacent to an activating group) is 1. The second-order valence-corrected chi connectivity index (χ2v) is 5.30. The van der Waals surface area contributed by atoms with Crippen LogP contribution in [0.2, 0.25) is 0 Å². The molecule has 1 aliphatic heterocycles. The average molecular weight is 253 g/mol. The van der Waals surface area contributed by atoms with Gasteiger partial charge in [0.15, 0.2) is 0 Å². The van der Waals surface area contributed by atoms with Crippen LogP contribution in [0.1, 0.15) is 24.0 Å². The molecule has 5 heteroatoms. The molecule has 0 aromatic carbocycles. The highest BCUT2D eigenvalue weighted by atomic mass is 32.1. The van der Waals surface area contributed by atoms with E-state index in [9.17, 15) is 4.79 Å². The molecule has 0 spiro atoms. The highest BCUT2D eigenvalue weighted by molar-refractivity contribution is 7.09. The van der Waals surface area contributed by atoms with E-state index in [1.807, 2.05) is 18.7 Å². The molecule has 4 nitrogen and oxygen atoms in total. The van der Waals surface area contributed by atoms with Crippen LogP contribution in [0.15, 0.2) is 5.38 Å². The summed E-state index contributed by atoms with van der Waals surface area (Å²) in [6.45, 7) is 6.57. The quantitative estimate of drug-likeness (QED) is 0.858. The molecule has 17 heavy (non-hydrogen) atoms. The molecule has 1 aromatic heterocycles. The number of carbonyl (C=O) groups is 1. The molecule has 1 fully saturated rings. The molecule has 1 aliphatic rings. The molecular formula is C12H19N3OS. The SMILES string of the molecule is CCNC1CCN(CCc2nc(C)cs2)C1=O. The van der Waals surface area contributed by atoms with Gasteiger partial charge in [0.2, 0.25) is 5.91 Å². The van der Waals surface area contributed by atoms with E-state index >= 15 is 0 Å². The van der Waals surface area contributed by atoms with Gasteiger partial charge in [0, 0.05) is 30.6 Å². The topological polar surface area (TPSA) is 45.2 Å². The largest absolute Gasteiger partial charge is 0.341 e. The van der Waals surface area contributed by atoms with E-state index < -0.39 is 0 Å². The van der Waals surface area contributed by atoms with Crippen molar-refractivity contribution in [3.05, 3.63) is 16.1 Å². The minimum Gasteiger partial charge on any atom is -0.341 e. The Morgan fingerprint density at radius 1 is 1.65 bits per heavy atom. The summed E-state index contributed by atoms with van der Waals surface area (Å²) in [6.07, 6.45) is 1.81. The molecule has 1 atom stereocenters. The summed E-state index contributed by atoms with van der Waals surface area (Å²) < 4.78 is 0. The predicted molar refractivity (Wildman–Crippen MR) is 69.2 cm³/mol. The van der Waals surface area contributed by atoms with Crippen molar-refractivity contribution >= 4 is 17.2 Å². The van der Waals surface area contributed by atoms with Crippen LogP contribution in [0.4, 0.5) is 0 Å². The Labute approximate surface area is 106 Å². The van der Waals surface area contributed by atoms with Crippen LogP contribution in [0.25, 0.3) is 0 Å². The highest BCUT2D eigenvalue weighted by Crippen LogP contribution is 2.14.